The van der Waals surface area contributed by atoms with E-state index in [4.69, 9.17) is 5.11 Å². The predicted molar refractivity (Wildman–Crippen MR) is 86.1 cm³/mol. The van der Waals surface area contributed by atoms with Gasteiger partial charge in [-0.15, -0.1) is 10.2 Å². The van der Waals surface area contributed by atoms with Gasteiger partial charge < -0.3 is 10.4 Å². The van der Waals surface area contributed by atoms with Crippen molar-refractivity contribution in [3.05, 3.63) is 39.9 Å². The zero-order valence-corrected chi connectivity index (χ0v) is 13.5. The minimum absolute atomic E-state index is 0.0738. The monoisotopic (exact) mass is 332 g/mol. The number of rotatable bonds is 4. The summed E-state index contributed by atoms with van der Waals surface area (Å²) in [5, 5.41) is 23.0. The van der Waals surface area contributed by atoms with Crippen LogP contribution in [0, 0.1) is 13.8 Å². The molecule has 23 heavy (non-hydrogen) atoms. The van der Waals surface area contributed by atoms with Gasteiger partial charge in [0.2, 0.25) is 5.13 Å². The second kappa shape index (κ2) is 5.96. The SMILES string of the molecule is Cc1nnc(NC(=O)c2ccc(C)c(C3CC3NC(=O)O)c2)s1. The van der Waals surface area contributed by atoms with E-state index in [9.17, 15) is 9.59 Å². The number of hydrogen-bond acceptors (Lipinski definition) is 5. The summed E-state index contributed by atoms with van der Waals surface area (Å²) in [5.41, 5.74) is 2.58. The molecule has 1 aromatic carbocycles. The summed E-state index contributed by atoms with van der Waals surface area (Å²) in [6.45, 7) is 3.78. The van der Waals surface area contributed by atoms with E-state index in [0.717, 1.165) is 22.6 Å². The molecule has 2 unspecified atom stereocenters. The van der Waals surface area contributed by atoms with Crippen molar-refractivity contribution < 1.29 is 14.7 Å². The van der Waals surface area contributed by atoms with Crippen LogP contribution < -0.4 is 10.6 Å². The molecule has 1 heterocycles. The van der Waals surface area contributed by atoms with E-state index >= 15 is 0 Å². The summed E-state index contributed by atoms with van der Waals surface area (Å²) in [6, 6.07) is 5.39. The van der Waals surface area contributed by atoms with E-state index in [-0.39, 0.29) is 17.9 Å². The molecular weight excluding hydrogens is 316 g/mol. The Morgan fingerprint density at radius 3 is 2.74 bits per heavy atom. The van der Waals surface area contributed by atoms with Gasteiger partial charge in [-0.2, -0.15) is 0 Å². The summed E-state index contributed by atoms with van der Waals surface area (Å²) in [7, 11) is 0. The first-order valence-corrected chi connectivity index (χ1v) is 7.97. The molecular formula is C15H16N4O3S. The first kappa shape index (κ1) is 15.4. The van der Waals surface area contributed by atoms with Crippen LogP contribution in [-0.4, -0.2) is 33.3 Å². The molecule has 1 saturated carbocycles. The maximum Gasteiger partial charge on any atom is 0.404 e. The topological polar surface area (TPSA) is 104 Å². The predicted octanol–water partition coefficient (Wildman–Crippen LogP) is 2.53. The third-order valence-electron chi connectivity index (χ3n) is 3.79. The van der Waals surface area contributed by atoms with Crippen molar-refractivity contribution in [2.24, 2.45) is 0 Å². The fraction of sp³-hybridized carbons (Fsp3) is 0.333. The van der Waals surface area contributed by atoms with Crippen LogP contribution in [0.25, 0.3) is 0 Å². The normalized spacial score (nSPS) is 19.2. The van der Waals surface area contributed by atoms with Crippen molar-refractivity contribution in [3.8, 4) is 0 Å². The average molecular weight is 332 g/mol. The number of benzene rings is 1. The van der Waals surface area contributed by atoms with E-state index < -0.39 is 6.09 Å². The first-order valence-electron chi connectivity index (χ1n) is 7.15. The van der Waals surface area contributed by atoms with Gasteiger partial charge in [0, 0.05) is 17.5 Å². The van der Waals surface area contributed by atoms with Crippen molar-refractivity contribution in [1.82, 2.24) is 15.5 Å². The van der Waals surface area contributed by atoms with Gasteiger partial charge in [-0.05, 0) is 43.5 Å². The second-order valence-corrected chi connectivity index (χ2v) is 6.73. The van der Waals surface area contributed by atoms with Crippen LogP contribution in [0.1, 0.15) is 38.8 Å². The zero-order chi connectivity index (χ0) is 16.6. The molecule has 1 aliphatic rings. The number of carbonyl (C=O) groups is 2. The van der Waals surface area contributed by atoms with Crippen molar-refractivity contribution in [2.75, 3.05) is 5.32 Å². The molecule has 8 heteroatoms. The highest BCUT2D eigenvalue weighted by atomic mass is 32.1. The second-order valence-electron chi connectivity index (χ2n) is 5.55. The third-order valence-corrected chi connectivity index (χ3v) is 4.54. The lowest BCUT2D eigenvalue weighted by molar-refractivity contribution is 0.102. The number of aryl methyl sites for hydroxylation is 2. The lowest BCUT2D eigenvalue weighted by Crippen LogP contribution is -2.24. The first-order chi connectivity index (χ1) is 10.9. The molecule has 2 amide bonds. The van der Waals surface area contributed by atoms with Crippen molar-refractivity contribution in [1.29, 1.82) is 0 Å². The summed E-state index contributed by atoms with van der Waals surface area (Å²) in [6.07, 6.45) is -0.260. The number of amides is 2. The van der Waals surface area contributed by atoms with E-state index in [1.807, 2.05) is 26.0 Å². The third kappa shape index (κ3) is 3.48. The van der Waals surface area contributed by atoms with E-state index in [1.54, 1.807) is 6.07 Å². The Labute approximate surface area is 136 Å². The smallest absolute Gasteiger partial charge is 0.404 e. The van der Waals surface area contributed by atoms with Crippen LogP contribution in [0.3, 0.4) is 0 Å². The highest BCUT2D eigenvalue weighted by Crippen LogP contribution is 2.42. The van der Waals surface area contributed by atoms with Crippen molar-refractivity contribution >= 4 is 28.5 Å². The largest absolute Gasteiger partial charge is 0.465 e. The number of anilines is 1. The number of carbonyl (C=O) groups excluding carboxylic acids is 1. The molecule has 120 valence electrons. The molecule has 3 N–H and O–H groups in total. The van der Waals surface area contributed by atoms with Gasteiger partial charge in [-0.1, -0.05) is 17.4 Å². The number of nitrogens with one attached hydrogen (secondary N) is 2. The summed E-state index contributed by atoms with van der Waals surface area (Å²) in [4.78, 5) is 23.0. The maximum atomic E-state index is 12.3. The van der Waals surface area contributed by atoms with E-state index in [0.29, 0.717) is 10.7 Å². The number of carboxylic acid groups (broad SMARTS) is 1. The molecule has 0 aliphatic heterocycles. The maximum absolute atomic E-state index is 12.3. The Morgan fingerprint density at radius 2 is 2.09 bits per heavy atom. The highest BCUT2D eigenvalue weighted by molar-refractivity contribution is 7.15. The molecule has 2 atom stereocenters. The lowest BCUT2D eigenvalue weighted by Gasteiger charge is -2.08. The molecule has 2 aromatic rings. The van der Waals surface area contributed by atoms with Crippen molar-refractivity contribution in [3.63, 3.8) is 0 Å². The summed E-state index contributed by atoms with van der Waals surface area (Å²) < 4.78 is 0. The number of nitrogens with zero attached hydrogens (tertiary/aromatic N) is 2. The van der Waals surface area contributed by atoms with Gasteiger partial charge in [0.1, 0.15) is 5.01 Å². The summed E-state index contributed by atoms with van der Waals surface area (Å²) >= 11 is 1.31. The molecule has 0 saturated heterocycles. The summed E-state index contributed by atoms with van der Waals surface area (Å²) in [5.74, 6) is -0.117. The molecule has 1 fully saturated rings. The Kier molecular flexibility index (Phi) is 3.99. The molecule has 3 rings (SSSR count). The highest BCUT2D eigenvalue weighted by Gasteiger charge is 2.40. The minimum atomic E-state index is -1.02. The number of hydrogen-bond donors (Lipinski definition) is 3. The average Bonchev–Trinajstić information content (AvgIpc) is 3.10. The Hall–Kier alpha value is -2.48. The quantitative estimate of drug-likeness (QED) is 0.798. The van der Waals surface area contributed by atoms with Gasteiger partial charge in [-0.3, -0.25) is 10.1 Å². The molecule has 1 aromatic heterocycles. The standard InChI is InChI=1S/C15H16N4O3S/c1-7-3-4-9(13(20)17-14-19-18-8(2)23-14)5-10(7)11-6-12(11)16-15(21)22/h3-5,11-12,16H,6H2,1-2H3,(H,21,22)(H,17,19,20). The van der Waals surface area contributed by atoms with Crippen LogP contribution in [-0.2, 0) is 0 Å². The van der Waals surface area contributed by atoms with Crippen molar-refractivity contribution in [2.45, 2.75) is 32.2 Å². The fourth-order valence-electron chi connectivity index (χ4n) is 2.55. The van der Waals surface area contributed by atoms with Crippen LogP contribution in [0.4, 0.5) is 9.93 Å². The molecule has 7 nitrogen and oxygen atoms in total. The lowest BCUT2D eigenvalue weighted by atomic mass is 10.0. The van der Waals surface area contributed by atoms with Gasteiger partial charge >= 0.3 is 6.09 Å². The van der Waals surface area contributed by atoms with Crippen LogP contribution >= 0.6 is 11.3 Å². The van der Waals surface area contributed by atoms with Gasteiger partial charge in [0.25, 0.3) is 5.91 Å². The van der Waals surface area contributed by atoms with E-state index in [2.05, 4.69) is 20.8 Å². The Morgan fingerprint density at radius 1 is 1.30 bits per heavy atom. The Bertz CT molecular complexity index is 774. The fourth-order valence-corrected chi connectivity index (χ4v) is 3.14. The Balaban J connectivity index is 1.75. The molecule has 0 bridgehead atoms. The minimum Gasteiger partial charge on any atom is -0.465 e. The molecule has 0 spiro atoms. The van der Waals surface area contributed by atoms with E-state index in [1.165, 1.54) is 11.3 Å². The number of aromatic nitrogens is 2. The van der Waals surface area contributed by atoms with Gasteiger partial charge in [0.05, 0.1) is 0 Å². The van der Waals surface area contributed by atoms with Crippen LogP contribution in [0.2, 0.25) is 0 Å². The van der Waals surface area contributed by atoms with Gasteiger partial charge in [-0.25, -0.2) is 4.79 Å². The molecule has 0 radical (unpaired) electrons. The zero-order valence-electron chi connectivity index (χ0n) is 12.7. The van der Waals surface area contributed by atoms with Crippen LogP contribution in [0.5, 0.6) is 0 Å². The molecule has 1 aliphatic carbocycles. The van der Waals surface area contributed by atoms with Crippen LogP contribution in [0.15, 0.2) is 18.2 Å². The van der Waals surface area contributed by atoms with Gasteiger partial charge in [0.15, 0.2) is 0 Å².